The summed E-state index contributed by atoms with van der Waals surface area (Å²) >= 11 is 0. The molecule has 18 heavy (non-hydrogen) atoms. The van der Waals surface area contributed by atoms with Crippen molar-refractivity contribution in [2.24, 2.45) is 5.73 Å². The van der Waals surface area contributed by atoms with Crippen molar-refractivity contribution in [1.29, 1.82) is 0 Å². The van der Waals surface area contributed by atoms with Crippen LogP contribution in [0.3, 0.4) is 0 Å². The van der Waals surface area contributed by atoms with Crippen LogP contribution in [0.2, 0.25) is 0 Å². The Morgan fingerprint density at radius 3 is 1.94 bits per heavy atom. The van der Waals surface area contributed by atoms with Gasteiger partial charge in [-0.15, -0.1) is 0 Å². The Bertz CT molecular complexity index is 528. The second-order valence-electron chi connectivity index (χ2n) is 5.12. The molecule has 0 bridgehead atoms. The number of nitrogens with one attached hydrogen (secondary N) is 1. The Morgan fingerprint density at radius 1 is 0.944 bits per heavy atom. The van der Waals surface area contributed by atoms with E-state index in [2.05, 4.69) is 60.8 Å². The van der Waals surface area contributed by atoms with Crippen molar-refractivity contribution < 1.29 is 0 Å². The molecule has 1 aliphatic carbocycles. The largest absolute Gasteiger partial charge is 0.356 e. The van der Waals surface area contributed by atoms with Crippen LogP contribution in [0.5, 0.6) is 0 Å². The molecule has 2 heteroatoms. The van der Waals surface area contributed by atoms with E-state index in [-0.39, 0.29) is 0 Å². The number of hydrogen-bond acceptors (Lipinski definition) is 2. The summed E-state index contributed by atoms with van der Waals surface area (Å²) in [6.45, 7) is 2.09. The lowest BCUT2D eigenvalue weighted by Crippen LogP contribution is -2.00. The fourth-order valence-corrected chi connectivity index (χ4v) is 2.22. The summed E-state index contributed by atoms with van der Waals surface area (Å²) < 4.78 is 0. The van der Waals surface area contributed by atoms with Gasteiger partial charge in [0.1, 0.15) is 0 Å². The Morgan fingerprint density at radius 2 is 1.44 bits per heavy atom. The smallest absolute Gasteiger partial charge is 0.0384 e. The lowest BCUT2D eigenvalue weighted by molar-refractivity contribution is 0.991. The van der Waals surface area contributed by atoms with Crippen LogP contribution in [0.15, 0.2) is 48.5 Å². The Hall–Kier alpha value is -1.80. The molecule has 1 fully saturated rings. The molecule has 92 valence electrons. The molecule has 0 heterocycles. The molecule has 2 atom stereocenters. The van der Waals surface area contributed by atoms with Crippen molar-refractivity contribution in [3.05, 3.63) is 59.7 Å². The normalized spacial score (nSPS) is 21.7. The Balaban J connectivity index is 1.71. The predicted octanol–water partition coefficient (Wildman–Crippen LogP) is 3.55. The van der Waals surface area contributed by atoms with Crippen molar-refractivity contribution in [2.75, 3.05) is 5.32 Å². The van der Waals surface area contributed by atoms with Crippen molar-refractivity contribution in [3.8, 4) is 0 Å². The van der Waals surface area contributed by atoms with Gasteiger partial charge in [0.25, 0.3) is 0 Å². The zero-order chi connectivity index (χ0) is 12.5. The highest BCUT2D eigenvalue weighted by molar-refractivity contribution is 5.60. The Kier molecular flexibility index (Phi) is 2.80. The van der Waals surface area contributed by atoms with Gasteiger partial charge in [-0.2, -0.15) is 0 Å². The first-order valence-electron chi connectivity index (χ1n) is 6.41. The number of aryl methyl sites for hydroxylation is 1. The topological polar surface area (TPSA) is 38.0 Å². The minimum absolute atomic E-state index is 0.376. The zero-order valence-electron chi connectivity index (χ0n) is 10.6. The highest BCUT2D eigenvalue weighted by atomic mass is 14.9. The van der Waals surface area contributed by atoms with Gasteiger partial charge in [0.05, 0.1) is 0 Å². The van der Waals surface area contributed by atoms with Crippen molar-refractivity contribution >= 4 is 11.4 Å². The summed E-state index contributed by atoms with van der Waals surface area (Å²) in [6.07, 6.45) is 1.13. The van der Waals surface area contributed by atoms with Crippen LogP contribution in [0.4, 0.5) is 11.4 Å². The van der Waals surface area contributed by atoms with E-state index in [1.54, 1.807) is 0 Å². The number of nitrogens with two attached hydrogens (primary N) is 1. The molecule has 2 unspecified atom stereocenters. The quantitative estimate of drug-likeness (QED) is 0.858. The van der Waals surface area contributed by atoms with E-state index < -0.39 is 0 Å². The standard InChI is InChI=1S/C16H18N2/c1-11-2-6-13(7-3-11)18-14-8-4-12(5-9-14)15-10-16(15)17/h2-9,15-16,18H,10,17H2,1H3. The summed E-state index contributed by atoms with van der Waals surface area (Å²) in [6, 6.07) is 17.4. The van der Waals surface area contributed by atoms with E-state index in [9.17, 15) is 0 Å². The number of hydrogen-bond donors (Lipinski definition) is 2. The van der Waals surface area contributed by atoms with Crippen molar-refractivity contribution in [1.82, 2.24) is 0 Å². The van der Waals surface area contributed by atoms with Crippen LogP contribution in [-0.4, -0.2) is 6.04 Å². The van der Waals surface area contributed by atoms with Gasteiger partial charge in [-0.3, -0.25) is 0 Å². The fourth-order valence-electron chi connectivity index (χ4n) is 2.22. The molecule has 0 aliphatic heterocycles. The molecule has 0 amide bonds. The lowest BCUT2D eigenvalue weighted by atomic mass is 10.1. The maximum absolute atomic E-state index is 5.86. The van der Waals surface area contributed by atoms with Crippen LogP contribution in [-0.2, 0) is 0 Å². The molecular formula is C16H18N2. The average Bonchev–Trinajstić information content (AvgIpc) is 3.10. The van der Waals surface area contributed by atoms with E-state index in [0.29, 0.717) is 12.0 Å². The molecule has 0 radical (unpaired) electrons. The third-order valence-electron chi connectivity index (χ3n) is 3.52. The van der Waals surface area contributed by atoms with Crippen molar-refractivity contribution in [3.63, 3.8) is 0 Å². The van der Waals surface area contributed by atoms with Gasteiger partial charge in [0.2, 0.25) is 0 Å². The molecule has 1 aliphatic rings. The Labute approximate surface area is 108 Å². The van der Waals surface area contributed by atoms with E-state index >= 15 is 0 Å². The molecule has 0 aromatic heterocycles. The number of rotatable bonds is 3. The molecule has 0 saturated heterocycles. The van der Waals surface area contributed by atoms with E-state index in [0.717, 1.165) is 17.8 Å². The van der Waals surface area contributed by atoms with E-state index in [1.807, 2.05) is 0 Å². The second kappa shape index (κ2) is 4.46. The maximum Gasteiger partial charge on any atom is 0.0384 e. The van der Waals surface area contributed by atoms with Gasteiger partial charge in [-0.1, -0.05) is 29.8 Å². The first-order valence-corrected chi connectivity index (χ1v) is 6.41. The minimum Gasteiger partial charge on any atom is -0.356 e. The van der Waals surface area contributed by atoms with Crippen LogP contribution in [0, 0.1) is 6.92 Å². The minimum atomic E-state index is 0.376. The summed E-state index contributed by atoms with van der Waals surface area (Å²) in [5, 5.41) is 3.40. The van der Waals surface area contributed by atoms with Gasteiger partial charge < -0.3 is 11.1 Å². The first kappa shape index (κ1) is 11.3. The molecule has 0 spiro atoms. The summed E-state index contributed by atoms with van der Waals surface area (Å²) in [5.74, 6) is 0.582. The highest BCUT2D eigenvalue weighted by Crippen LogP contribution is 2.39. The SMILES string of the molecule is Cc1ccc(Nc2ccc(C3CC3N)cc2)cc1. The molecule has 2 nitrogen and oxygen atoms in total. The van der Waals surface area contributed by atoms with Gasteiger partial charge in [0.15, 0.2) is 0 Å². The van der Waals surface area contributed by atoms with E-state index in [1.165, 1.54) is 11.1 Å². The van der Waals surface area contributed by atoms with Crippen LogP contribution >= 0.6 is 0 Å². The van der Waals surface area contributed by atoms with Gasteiger partial charge >= 0.3 is 0 Å². The number of benzene rings is 2. The average molecular weight is 238 g/mol. The van der Waals surface area contributed by atoms with Gasteiger partial charge in [-0.25, -0.2) is 0 Å². The molecule has 3 rings (SSSR count). The highest BCUT2D eigenvalue weighted by Gasteiger charge is 2.34. The van der Waals surface area contributed by atoms with Crippen LogP contribution < -0.4 is 11.1 Å². The summed E-state index contributed by atoms with van der Waals surface area (Å²) in [7, 11) is 0. The van der Waals surface area contributed by atoms with Gasteiger partial charge in [0, 0.05) is 23.3 Å². The third kappa shape index (κ3) is 2.39. The van der Waals surface area contributed by atoms with Crippen molar-refractivity contribution in [2.45, 2.75) is 25.3 Å². The first-order chi connectivity index (χ1) is 8.72. The second-order valence-corrected chi connectivity index (χ2v) is 5.12. The summed E-state index contributed by atoms with van der Waals surface area (Å²) in [5.41, 5.74) is 10.7. The van der Waals surface area contributed by atoms with E-state index in [4.69, 9.17) is 5.73 Å². The molecular weight excluding hydrogens is 220 g/mol. The molecule has 2 aromatic rings. The zero-order valence-corrected chi connectivity index (χ0v) is 10.6. The lowest BCUT2D eigenvalue weighted by Gasteiger charge is -2.07. The van der Waals surface area contributed by atoms with Crippen LogP contribution in [0.1, 0.15) is 23.5 Å². The monoisotopic (exact) mass is 238 g/mol. The molecule has 2 aromatic carbocycles. The predicted molar refractivity (Wildman–Crippen MR) is 76.2 cm³/mol. The van der Waals surface area contributed by atoms with Gasteiger partial charge in [-0.05, 0) is 43.2 Å². The maximum atomic E-state index is 5.86. The molecule has 3 N–H and O–H groups in total. The van der Waals surface area contributed by atoms with Crippen LogP contribution in [0.25, 0.3) is 0 Å². The number of anilines is 2. The fraction of sp³-hybridized carbons (Fsp3) is 0.250. The summed E-state index contributed by atoms with van der Waals surface area (Å²) in [4.78, 5) is 0. The third-order valence-corrected chi connectivity index (χ3v) is 3.52. The molecule has 1 saturated carbocycles.